The fourth-order valence-electron chi connectivity index (χ4n) is 3.03. The van der Waals surface area contributed by atoms with Gasteiger partial charge in [-0.25, -0.2) is 13.2 Å². The van der Waals surface area contributed by atoms with Crippen LogP contribution in [0.25, 0.3) is 0 Å². The van der Waals surface area contributed by atoms with Crippen molar-refractivity contribution in [3.63, 3.8) is 0 Å². The van der Waals surface area contributed by atoms with Gasteiger partial charge in [0.25, 0.3) is 0 Å². The summed E-state index contributed by atoms with van der Waals surface area (Å²) in [4.78, 5) is 14.6. The first kappa shape index (κ1) is 17.5. The van der Waals surface area contributed by atoms with Crippen molar-refractivity contribution in [2.75, 3.05) is 12.8 Å². The molecule has 132 valence electrons. The number of amides is 2. The van der Waals surface area contributed by atoms with E-state index < -0.39 is 9.84 Å². The average molecular weight is 358 g/mol. The van der Waals surface area contributed by atoms with E-state index in [9.17, 15) is 13.2 Å². The third-order valence-corrected chi connectivity index (χ3v) is 5.69. The molecule has 0 saturated heterocycles. The number of urea groups is 1. The van der Waals surface area contributed by atoms with Gasteiger partial charge in [-0.2, -0.15) is 0 Å². The minimum atomic E-state index is -3.21. The minimum absolute atomic E-state index is 0.103. The number of rotatable bonds is 3. The summed E-state index contributed by atoms with van der Waals surface area (Å²) in [5, 5.41) is 2.99. The maximum atomic E-state index is 12.5. The fraction of sp³-hybridized carbons (Fsp3) is 0.316. The molecule has 1 atom stereocenters. The van der Waals surface area contributed by atoms with Gasteiger partial charge in [-0.1, -0.05) is 36.4 Å². The predicted molar refractivity (Wildman–Crippen MR) is 97.1 cm³/mol. The minimum Gasteiger partial charge on any atom is -0.331 e. The molecule has 0 spiro atoms. The second kappa shape index (κ2) is 6.88. The average Bonchev–Trinajstić information content (AvgIpc) is 2.60. The summed E-state index contributed by atoms with van der Waals surface area (Å²) < 4.78 is 23.0. The summed E-state index contributed by atoms with van der Waals surface area (Å²) >= 11 is 0. The molecule has 0 fully saturated rings. The summed E-state index contributed by atoms with van der Waals surface area (Å²) in [5.74, 6) is 0. The Hall–Kier alpha value is -2.34. The Morgan fingerprint density at radius 2 is 1.72 bits per heavy atom. The smallest absolute Gasteiger partial charge is 0.318 e. The molecule has 5 nitrogen and oxygen atoms in total. The van der Waals surface area contributed by atoms with Crippen LogP contribution in [0.5, 0.6) is 0 Å². The molecule has 0 bridgehead atoms. The number of sulfone groups is 1. The highest BCUT2D eigenvalue weighted by molar-refractivity contribution is 7.90. The monoisotopic (exact) mass is 358 g/mol. The van der Waals surface area contributed by atoms with E-state index in [1.807, 2.05) is 24.0 Å². The lowest BCUT2D eigenvalue weighted by molar-refractivity contribution is 0.189. The molecule has 6 heteroatoms. The van der Waals surface area contributed by atoms with E-state index in [2.05, 4.69) is 17.4 Å². The molecule has 1 N–H and O–H groups in total. The first-order valence-corrected chi connectivity index (χ1v) is 10.2. The second-order valence-electron chi connectivity index (χ2n) is 6.45. The number of hydrogen-bond donors (Lipinski definition) is 1. The molecule has 0 aromatic heterocycles. The zero-order valence-corrected chi connectivity index (χ0v) is 15.2. The summed E-state index contributed by atoms with van der Waals surface area (Å²) in [7, 11) is -3.21. The molecule has 1 aliphatic rings. The number of carbonyl (C=O) groups is 1. The Labute approximate surface area is 148 Å². The van der Waals surface area contributed by atoms with Gasteiger partial charge in [0.05, 0.1) is 10.9 Å². The Morgan fingerprint density at radius 1 is 1.08 bits per heavy atom. The van der Waals surface area contributed by atoms with E-state index >= 15 is 0 Å². The van der Waals surface area contributed by atoms with E-state index in [0.717, 1.165) is 12.0 Å². The quantitative estimate of drug-likeness (QED) is 0.917. The number of fused-ring (bicyclic) bond motifs is 1. The summed E-state index contributed by atoms with van der Waals surface area (Å²) in [6.07, 6.45) is 2.04. The largest absolute Gasteiger partial charge is 0.331 e. The SMILES string of the molecule is C[C@H](NC(=O)N1CCc2ccccc2C1)c1ccc(S(C)(=O)=O)cc1. The molecular formula is C19H22N2O3S. The highest BCUT2D eigenvalue weighted by Gasteiger charge is 2.21. The Balaban J connectivity index is 1.65. The summed E-state index contributed by atoms with van der Waals surface area (Å²) in [6.45, 7) is 3.20. The van der Waals surface area contributed by atoms with Crippen molar-refractivity contribution < 1.29 is 13.2 Å². The maximum absolute atomic E-state index is 12.5. The highest BCUT2D eigenvalue weighted by atomic mass is 32.2. The van der Waals surface area contributed by atoms with Crippen LogP contribution >= 0.6 is 0 Å². The van der Waals surface area contributed by atoms with Gasteiger partial charge in [-0.15, -0.1) is 0 Å². The van der Waals surface area contributed by atoms with E-state index in [0.29, 0.717) is 13.1 Å². The fourth-order valence-corrected chi connectivity index (χ4v) is 3.66. The molecule has 2 amide bonds. The van der Waals surface area contributed by atoms with Gasteiger partial charge in [-0.3, -0.25) is 0 Å². The van der Waals surface area contributed by atoms with Gasteiger partial charge in [0, 0.05) is 19.3 Å². The summed E-state index contributed by atoms with van der Waals surface area (Å²) in [5.41, 5.74) is 3.36. The zero-order chi connectivity index (χ0) is 18.0. The lowest BCUT2D eigenvalue weighted by atomic mass is 10.0. The second-order valence-corrected chi connectivity index (χ2v) is 8.47. The Kier molecular flexibility index (Phi) is 4.81. The molecular weight excluding hydrogens is 336 g/mol. The van der Waals surface area contributed by atoms with Gasteiger partial charge in [-0.05, 0) is 42.2 Å². The van der Waals surface area contributed by atoms with Crippen LogP contribution in [0.1, 0.15) is 29.7 Å². The molecule has 0 aliphatic carbocycles. The summed E-state index contributed by atoms with van der Waals surface area (Å²) in [6, 6.07) is 14.5. The van der Waals surface area contributed by atoms with Gasteiger partial charge in [0.1, 0.15) is 0 Å². The standard InChI is InChI=1S/C19H22N2O3S/c1-14(15-7-9-18(10-8-15)25(2,23)24)20-19(22)21-12-11-16-5-3-4-6-17(16)13-21/h3-10,14H,11-13H2,1-2H3,(H,20,22)/t14-/m0/s1. The van der Waals surface area contributed by atoms with Gasteiger partial charge < -0.3 is 10.2 Å². The third kappa shape index (κ3) is 4.02. The van der Waals surface area contributed by atoms with E-state index in [1.165, 1.54) is 17.4 Å². The van der Waals surface area contributed by atoms with Gasteiger partial charge in [0.15, 0.2) is 9.84 Å². The number of carbonyl (C=O) groups excluding carboxylic acids is 1. The normalized spacial score (nSPS) is 15.4. The third-order valence-electron chi connectivity index (χ3n) is 4.57. The van der Waals surface area contributed by atoms with Gasteiger partial charge in [0.2, 0.25) is 0 Å². The first-order chi connectivity index (χ1) is 11.8. The van der Waals surface area contributed by atoms with Crippen LogP contribution < -0.4 is 5.32 Å². The van der Waals surface area contributed by atoms with Crippen molar-refractivity contribution in [1.82, 2.24) is 10.2 Å². The van der Waals surface area contributed by atoms with Crippen molar-refractivity contribution in [2.24, 2.45) is 0 Å². The van der Waals surface area contributed by atoms with Crippen molar-refractivity contribution in [3.8, 4) is 0 Å². The molecule has 1 aliphatic heterocycles. The molecule has 0 saturated carbocycles. The van der Waals surface area contributed by atoms with Crippen molar-refractivity contribution in [2.45, 2.75) is 30.8 Å². The van der Waals surface area contributed by atoms with Crippen molar-refractivity contribution >= 4 is 15.9 Å². The molecule has 25 heavy (non-hydrogen) atoms. The molecule has 3 rings (SSSR count). The number of benzene rings is 2. The van der Waals surface area contributed by atoms with E-state index in [4.69, 9.17) is 0 Å². The van der Waals surface area contributed by atoms with Crippen LogP contribution in [0.4, 0.5) is 4.79 Å². The molecule has 2 aromatic rings. The topological polar surface area (TPSA) is 66.5 Å². The molecule has 0 unspecified atom stereocenters. The van der Waals surface area contributed by atoms with Crippen LogP contribution in [-0.2, 0) is 22.8 Å². The van der Waals surface area contributed by atoms with Gasteiger partial charge >= 0.3 is 6.03 Å². The number of nitrogens with one attached hydrogen (secondary N) is 1. The Morgan fingerprint density at radius 3 is 2.36 bits per heavy atom. The lowest BCUT2D eigenvalue weighted by Crippen LogP contribution is -2.43. The zero-order valence-electron chi connectivity index (χ0n) is 14.4. The maximum Gasteiger partial charge on any atom is 0.318 e. The van der Waals surface area contributed by atoms with Crippen molar-refractivity contribution in [3.05, 3.63) is 65.2 Å². The lowest BCUT2D eigenvalue weighted by Gasteiger charge is -2.30. The van der Waals surface area contributed by atoms with Crippen LogP contribution in [0.15, 0.2) is 53.4 Å². The number of nitrogens with zero attached hydrogens (tertiary/aromatic N) is 1. The van der Waals surface area contributed by atoms with Crippen LogP contribution in [0.3, 0.4) is 0 Å². The van der Waals surface area contributed by atoms with Crippen LogP contribution in [0, 0.1) is 0 Å². The van der Waals surface area contributed by atoms with Crippen molar-refractivity contribution in [1.29, 1.82) is 0 Å². The highest BCUT2D eigenvalue weighted by Crippen LogP contribution is 2.20. The van der Waals surface area contributed by atoms with E-state index in [1.54, 1.807) is 24.3 Å². The first-order valence-electron chi connectivity index (χ1n) is 8.27. The molecule has 1 heterocycles. The predicted octanol–water partition coefficient (Wildman–Crippen LogP) is 2.92. The molecule has 2 aromatic carbocycles. The van der Waals surface area contributed by atoms with Crippen LogP contribution in [-0.4, -0.2) is 32.1 Å². The molecule has 0 radical (unpaired) electrons. The van der Waals surface area contributed by atoms with Crippen LogP contribution in [0.2, 0.25) is 0 Å². The number of hydrogen-bond acceptors (Lipinski definition) is 3. The van der Waals surface area contributed by atoms with E-state index in [-0.39, 0.29) is 17.0 Å². The Bertz CT molecular complexity index is 876.